The van der Waals surface area contributed by atoms with Gasteiger partial charge in [0.25, 0.3) is 0 Å². The largest absolute Gasteiger partial charge is 0.444 e. The zero-order chi connectivity index (χ0) is 24.0. The summed E-state index contributed by atoms with van der Waals surface area (Å²) in [6.07, 6.45) is -0.396. The molecule has 2 aromatic heterocycles. The highest BCUT2D eigenvalue weighted by Gasteiger charge is 2.37. The van der Waals surface area contributed by atoms with E-state index in [0.29, 0.717) is 41.1 Å². The van der Waals surface area contributed by atoms with Crippen molar-refractivity contribution < 1.29 is 22.8 Å². The molecule has 1 fully saturated rings. The monoisotopic (exact) mass is 467 g/mol. The molecule has 3 heterocycles. The Morgan fingerprint density at radius 1 is 1.15 bits per heavy atom. The summed E-state index contributed by atoms with van der Waals surface area (Å²) >= 11 is 0. The first-order valence-corrected chi connectivity index (χ1v) is 10.9. The Bertz CT molecular complexity index is 1350. The van der Waals surface area contributed by atoms with Gasteiger partial charge in [-0.2, -0.15) is 10.1 Å². The van der Waals surface area contributed by atoms with Crippen LogP contribution in [0.1, 0.15) is 38.3 Å². The van der Waals surface area contributed by atoms with Crippen molar-refractivity contribution in [1.29, 1.82) is 0 Å². The fourth-order valence-electron chi connectivity index (χ4n) is 3.91. The first-order chi connectivity index (χ1) is 16.2. The molecule has 0 bridgehead atoms. The van der Waals surface area contributed by atoms with Gasteiger partial charge in [-0.3, -0.25) is 4.68 Å². The minimum absolute atomic E-state index is 0.120. The number of nitrogens with zero attached hydrogens (tertiary/aromatic N) is 5. The molecule has 176 valence electrons. The van der Waals surface area contributed by atoms with Crippen molar-refractivity contribution in [1.82, 2.24) is 24.8 Å². The quantitative estimate of drug-likeness (QED) is 0.431. The van der Waals surface area contributed by atoms with Gasteiger partial charge in [-0.25, -0.2) is 13.6 Å². The van der Waals surface area contributed by atoms with Crippen LogP contribution >= 0.6 is 0 Å². The standard InChI is InChI=1S/C24H23F2N5O3/c1-24(2,3)33-23(32)30-11-15(12-30)21-20-17(26)5-4-6-18(20)31(28-21)13-19-27-22(29-34-19)14-7-9-16(25)10-8-14/h4-10,15H,11-13H2,1-3H3. The van der Waals surface area contributed by atoms with Crippen LogP contribution in [0.2, 0.25) is 0 Å². The van der Waals surface area contributed by atoms with E-state index in [1.165, 1.54) is 18.2 Å². The number of amides is 1. The molecule has 8 nitrogen and oxygen atoms in total. The summed E-state index contributed by atoms with van der Waals surface area (Å²) in [5, 5.41) is 9.02. The normalized spacial score (nSPS) is 14.4. The molecule has 1 amide bonds. The Hall–Kier alpha value is -3.82. The number of ether oxygens (including phenoxy) is 1. The van der Waals surface area contributed by atoms with E-state index in [-0.39, 0.29) is 30.0 Å². The first-order valence-electron chi connectivity index (χ1n) is 10.9. The molecule has 0 atom stereocenters. The predicted molar refractivity (Wildman–Crippen MR) is 119 cm³/mol. The molecule has 10 heteroatoms. The molecule has 34 heavy (non-hydrogen) atoms. The zero-order valence-electron chi connectivity index (χ0n) is 19.0. The van der Waals surface area contributed by atoms with E-state index >= 15 is 0 Å². The van der Waals surface area contributed by atoms with Gasteiger partial charge in [0.05, 0.1) is 16.6 Å². The lowest BCUT2D eigenvalue weighted by atomic mass is 9.94. The fraction of sp³-hybridized carbons (Fsp3) is 0.333. The van der Waals surface area contributed by atoms with Gasteiger partial charge in [0, 0.05) is 24.6 Å². The van der Waals surface area contributed by atoms with E-state index in [2.05, 4.69) is 15.2 Å². The third-order valence-corrected chi connectivity index (χ3v) is 5.53. The molecule has 5 rings (SSSR count). The molecular weight excluding hydrogens is 444 g/mol. The average Bonchev–Trinajstić information content (AvgIpc) is 3.33. The molecule has 0 N–H and O–H groups in total. The van der Waals surface area contributed by atoms with Crippen molar-refractivity contribution in [3.63, 3.8) is 0 Å². The molecule has 0 radical (unpaired) electrons. The van der Waals surface area contributed by atoms with Crippen LogP contribution < -0.4 is 0 Å². The summed E-state index contributed by atoms with van der Waals surface area (Å²) in [4.78, 5) is 18.2. The van der Waals surface area contributed by atoms with Crippen molar-refractivity contribution in [2.24, 2.45) is 0 Å². The molecule has 0 spiro atoms. The van der Waals surface area contributed by atoms with Crippen molar-refractivity contribution in [3.05, 3.63) is 65.7 Å². The first kappa shape index (κ1) is 22.0. The summed E-state index contributed by atoms with van der Waals surface area (Å²) < 4.78 is 40.4. The van der Waals surface area contributed by atoms with Gasteiger partial charge in [0.2, 0.25) is 11.7 Å². The number of carbonyl (C=O) groups excluding carboxylic acids is 1. The maximum atomic E-state index is 14.8. The van der Waals surface area contributed by atoms with Gasteiger partial charge >= 0.3 is 6.09 Å². The number of fused-ring (bicyclic) bond motifs is 1. The molecule has 4 aromatic rings. The average molecular weight is 467 g/mol. The Morgan fingerprint density at radius 2 is 1.88 bits per heavy atom. The smallest absolute Gasteiger partial charge is 0.410 e. The Balaban J connectivity index is 1.38. The summed E-state index contributed by atoms with van der Waals surface area (Å²) in [7, 11) is 0. The maximum Gasteiger partial charge on any atom is 0.410 e. The van der Waals surface area contributed by atoms with E-state index in [1.807, 2.05) is 20.8 Å². The minimum atomic E-state index is -0.584. The number of benzene rings is 2. The molecule has 0 aliphatic carbocycles. The second-order valence-electron chi connectivity index (χ2n) is 9.28. The Kier molecular flexibility index (Phi) is 5.30. The Labute approximate surface area is 194 Å². The lowest BCUT2D eigenvalue weighted by Gasteiger charge is -2.39. The molecule has 0 saturated carbocycles. The summed E-state index contributed by atoms with van der Waals surface area (Å²) in [5.41, 5.74) is 1.20. The van der Waals surface area contributed by atoms with E-state index in [0.717, 1.165) is 0 Å². The number of aromatic nitrogens is 4. The van der Waals surface area contributed by atoms with Gasteiger partial charge < -0.3 is 14.2 Å². The topological polar surface area (TPSA) is 86.3 Å². The molecule has 1 saturated heterocycles. The van der Waals surface area contributed by atoms with E-state index in [1.54, 1.807) is 33.8 Å². The number of hydrogen-bond donors (Lipinski definition) is 0. The second kappa shape index (κ2) is 8.19. The van der Waals surface area contributed by atoms with E-state index in [4.69, 9.17) is 9.26 Å². The van der Waals surface area contributed by atoms with Crippen molar-refractivity contribution in [2.45, 2.75) is 38.8 Å². The summed E-state index contributed by atoms with van der Waals surface area (Å²) in [6, 6.07) is 10.5. The number of likely N-dealkylation sites (tertiary alicyclic amines) is 1. The van der Waals surface area contributed by atoms with Crippen LogP contribution in [0.4, 0.5) is 13.6 Å². The van der Waals surface area contributed by atoms with Crippen LogP contribution in [0.3, 0.4) is 0 Å². The number of carbonyl (C=O) groups is 1. The fourth-order valence-corrected chi connectivity index (χ4v) is 3.91. The Morgan fingerprint density at radius 3 is 2.59 bits per heavy atom. The minimum Gasteiger partial charge on any atom is -0.444 e. The molecule has 1 aliphatic rings. The van der Waals surface area contributed by atoms with Gasteiger partial charge in [0.1, 0.15) is 23.8 Å². The van der Waals surface area contributed by atoms with Crippen molar-refractivity contribution in [2.75, 3.05) is 13.1 Å². The number of hydrogen-bond acceptors (Lipinski definition) is 6. The van der Waals surface area contributed by atoms with Crippen LogP contribution in [0.5, 0.6) is 0 Å². The van der Waals surface area contributed by atoms with Crippen LogP contribution in [-0.4, -0.2) is 49.6 Å². The molecular formula is C24H23F2N5O3. The van der Waals surface area contributed by atoms with Crippen LogP contribution in [0, 0.1) is 11.6 Å². The molecule has 2 aromatic carbocycles. The second-order valence-corrected chi connectivity index (χ2v) is 9.28. The van der Waals surface area contributed by atoms with Crippen molar-refractivity contribution in [3.8, 4) is 11.4 Å². The zero-order valence-corrected chi connectivity index (χ0v) is 19.0. The van der Waals surface area contributed by atoms with Crippen LogP contribution in [-0.2, 0) is 11.3 Å². The third-order valence-electron chi connectivity index (χ3n) is 5.53. The maximum absolute atomic E-state index is 14.8. The van der Waals surface area contributed by atoms with E-state index in [9.17, 15) is 13.6 Å². The highest BCUT2D eigenvalue weighted by Crippen LogP contribution is 2.34. The van der Waals surface area contributed by atoms with Crippen molar-refractivity contribution >= 4 is 17.0 Å². The van der Waals surface area contributed by atoms with Gasteiger partial charge in [-0.05, 0) is 57.2 Å². The molecule has 1 aliphatic heterocycles. The SMILES string of the molecule is CC(C)(C)OC(=O)N1CC(c2nn(Cc3nc(-c4ccc(F)cc4)no3)c3cccc(F)c23)C1. The lowest BCUT2D eigenvalue weighted by molar-refractivity contribution is 0.00792. The number of halogens is 2. The number of rotatable bonds is 4. The summed E-state index contributed by atoms with van der Waals surface area (Å²) in [5.74, 6) is -0.253. The van der Waals surface area contributed by atoms with Crippen LogP contribution in [0.25, 0.3) is 22.3 Å². The molecule has 0 unspecified atom stereocenters. The van der Waals surface area contributed by atoms with E-state index < -0.39 is 11.7 Å². The third kappa shape index (κ3) is 4.23. The van der Waals surface area contributed by atoms with Gasteiger partial charge in [-0.1, -0.05) is 11.2 Å². The highest BCUT2D eigenvalue weighted by molar-refractivity contribution is 5.84. The van der Waals surface area contributed by atoms with Gasteiger partial charge in [0.15, 0.2) is 0 Å². The lowest BCUT2D eigenvalue weighted by Crippen LogP contribution is -2.50. The summed E-state index contributed by atoms with van der Waals surface area (Å²) in [6.45, 7) is 6.36. The predicted octanol–water partition coefficient (Wildman–Crippen LogP) is 4.75. The van der Waals surface area contributed by atoms with Crippen LogP contribution in [0.15, 0.2) is 47.0 Å². The highest BCUT2D eigenvalue weighted by atomic mass is 19.1. The van der Waals surface area contributed by atoms with Gasteiger partial charge in [-0.15, -0.1) is 0 Å².